The molecule has 3 heterocycles. The molecule has 1 aromatic carbocycles. The standard InChI is InChI=1S/C20H22N4O/c1-14-10-15(2)21-19(11-14)24-20(25)17-13-23(9-8-18(17)22-24)12-16-6-4-3-5-7-16/h3-7,10-11,22H,8-9,12-13H2,1-2H3. The summed E-state index contributed by atoms with van der Waals surface area (Å²) in [5.74, 6) is 0.673. The number of aryl methyl sites for hydroxylation is 2. The molecular weight excluding hydrogens is 312 g/mol. The first-order valence-electron chi connectivity index (χ1n) is 8.65. The van der Waals surface area contributed by atoms with Gasteiger partial charge >= 0.3 is 0 Å². The molecule has 1 aliphatic heterocycles. The van der Waals surface area contributed by atoms with Crippen LogP contribution in [0, 0.1) is 13.8 Å². The maximum atomic E-state index is 12.9. The Morgan fingerprint density at radius 3 is 2.72 bits per heavy atom. The van der Waals surface area contributed by atoms with Crippen LogP contribution in [0.2, 0.25) is 0 Å². The fraction of sp³-hybridized carbons (Fsp3) is 0.300. The minimum atomic E-state index is 0.0188. The molecule has 0 aliphatic carbocycles. The number of aromatic nitrogens is 3. The van der Waals surface area contributed by atoms with E-state index in [0.717, 1.165) is 42.0 Å². The molecule has 5 heteroatoms. The SMILES string of the molecule is Cc1cc(C)nc(-n2[nH]c3c(c2=O)CN(Cc2ccccc2)CC3)c1. The van der Waals surface area contributed by atoms with Crippen LogP contribution in [0.15, 0.2) is 47.3 Å². The van der Waals surface area contributed by atoms with E-state index in [4.69, 9.17) is 0 Å². The minimum absolute atomic E-state index is 0.0188. The molecule has 0 saturated heterocycles. The lowest BCUT2D eigenvalue weighted by molar-refractivity contribution is 0.244. The average molecular weight is 334 g/mol. The molecule has 1 aliphatic rings. The predicted molar refractivity (Wildman–Crippen MR) is 97.9 cm³/mol. The number of hydrogen-bond acceptors (Lipinski definition) is 3. The zero-order chi connectivity index (χ0) is 17.4. The molecule has 0 unspecified atom stereocenters. The van der Waals surface area contributed by atoms with Gasteiger partial charge in [0.15, 0.2) is 5.82 Å². The van der Waals surface area contributed by atoms with E-state index in [9.17, 15) is 4.79 Å². The smallest absolute Gasteiger partial charge is 0.277 e. The van der Waals surface area contributed by atoms with E-state index < -0.39 is 0 Å². The molecule has 0 saturated carbocycles. The van der Waals surface area contributed by atoms with Crippen LogP contribution in [0.5, 0.6) is 0 Å². The molecule has 4 rings (SSSR count). The van der Waals surface area contributed by atoms with Crippen molar-refractivity contribution in [3.05, 3.63) is 80.9 Å². The van der Waals surface area contributed by atoms with Crippen molar-refractivity contribution in [1.29, 1.82) is 0 Å². The second-order valence-electron chi connectivity index (χ2n) is 6.80. The zero-order valence-corrected chi connectivity index (χ0v) is 14.6. The third-order valence-corrected chi connectivity index (χ3v) is 4.69. The van der Waals surface area contributed by atoms with E-state index in [-0.39, 0.29) is 5.56 Å². The van der Waals surface area contributed by atoms with Gasteiger partial charge in [0, 0.05) is 37.4 Å². The van der Waals surface area contributed by atoms with Gasteiger partial charge in [-0.2, -0.15) is 0 Å². The lowest BCUT2D eigenvalue weighted by Gasteiger charge is -2.25. The molecule has 0 fully saturated rings. The summed E-state index contributed by atoms with van der Waals surface area (Å²) in [5, 5.41) is 3.27. The summed E-state index contributed by atoms with van der Waals surface area (Å²) in [6.07, 6.45) is 0.856. The van der Waals surface area contributed by atoms with Crippen LogP contribution in [0.3, 0.4) is 0 Å². The maximum absolute atomic E-state index is 12.9. The molecule has 1 N–H and O–H groups in total. The third-order valence-electron chi connectivity index (χ3n) is 4.69. The molecule has 128 valence electrons. The fourth-order valence-corrected chi connectivity index (χ4v) is 3.53. The predicted octanol–water partition coefficient (Wildman–Crippen LogP) is 2.74. The number of fused-ring (bicyclic) bond motifs is 1. The molecule has 0 spiro atoms. The Morgan fingerprint density at radius 2 is 1.96 bits per heavy atom. The van der Waals surface area contributed by atoms with Crippen molar-refractivity contribution < 1.29 is 0 Å². The number of hydrogen-bond donors (Lipinski definition) is 1. The normalized spacial score (nSPS) is 14.5. The summed E-state index contributed by atoms with van der Waals surface area (Å²) in [5.41, 5.74) is 5.22. The topological polar surface area (TPSA) is 53.9 Å². The Balaban J connectivity index is 1.63. The second-order valence-corrected chi connectivity index (χ2v) is 6.80. The van der Waals surface area contributed by atoms with E-state index >= 15 is 0 Å². The Bertz CT molecular complexity index is 935. The summed E-state index contributed by atoms with van der Waals surface area (Å²) >= 11 is 0. The quantitative estimate of drug-likeness (QED) is 0.801. The fourth-order valence-electron chi connectivity index (χ4n) is 3.53. The van der Waals surface area contributed by atoms with Crippen LogP contribution in [-0.4, -0.2) is 26.2 Å². The van der Waals surface area contributed by atoms with Gasteiger partial charge in [0.2, 0.25) is 0 Å². The second kappa shape index (κ2) is 6.33. The van der Waals surface area contributed by atoms with E-state index in [1.807, 2.05) is 32.0 Å². The molecule has 0 amide bonds. The van der Waals surface area contributed by atoms with Crippen LogP contribution in [0.25, 0.3) is 5.82 Å². The van der Waals surface area contributed by atoms with Crippen molar-refractivity contribution in [2.45, 2.75) is 33.4 Å². The van der Waals surface area contributed by atoms with Crippen LogP contribution in [0.4, 0.5) is 0 Å². The maximum Gasteiger partial charge on any atom is 0.277 e. The first-order chi connectivity index (χ1) is 12.1. The summed E-state index contributed by atoms with van der Waals surface area (Å²) in [6.45, 7) is 6.46. The number of aromatic amines is 1. The highest BCUT2D eigenvalue weighted by atomic mass is 16.1. The van der Waals surface area contributed by atoms with E-state index in [2.05, 4.69) is 39.2 Å². The molecule has 5 nitrogen and oxygen atoms in total. The first-order valence-corrected chi connectivity index (χ1v) is 8.65. The van der Waals surface area contributed by atoms with Gasteiger partial charge in [0.1, 0.15) is 0 Å². The number of nitrogens with one attached hydrogen (secondary N) is 1. The lowest BCUT2D eigenvalue weighted by atomic mass is 10.1. The summed E-state index contributed by atoms with van der Waals surface area (Å²) in [6, 6.07) is 14.4. The average Bonchev–Trinajstić information content (AvgIpc) is 2.92. The molecule has 3 aromatic rings. The minimum Gasteiger partial charge on any atom is -0.294 e. The number of nitrogens with zero attached hydrogens (tertiary/aromatic N) is 3. The van der Waals surface area contributed by atoms with Crippen molar-refractivity contribution >= 4 is 0 Å². The van der Waals surface area contributed by atoms with Crippen molar-refractivity contribution in [1.82, 2.24) is 19.7 Å². The Labute approximate surface area is 146 Å². The Kier molecular flexibility index (Phi) is 4.01. The molecular formula is C20H22N4O. The lowest BCUT2D eigenvalue weighted by Crippen LogP contribution is -2.32. The van der Waals surface area contributed by atoms with Crippen LogP contribution in [0.1, 0.15) is 28.1 Å². The van der Waals surface area contributed by atoms with Gasteiger partial charge in [-0.15, -0.1) is 0 Å². The molecule has 2 aromatic heterocycles. The van der Waals surface area contributed by atoms with Crippen molar-refractivity contribution in [2.75, 3.05) is 6.54 Å². The highest BCUT2D eigenvalue weighted by Crippen LogP contribution is 2.18. The summed E-state index contributed by atoms with van der Waals surface area (Å²) < 4.78 is 1.59. The third kappa shape index (κ3) is 3.15. The summed E-state index contributed by atoms with van der Waals surface area (Å²) in [4.78, 5) is 19.7. The number of benzene rings is 1. The van der Waals surface area contributed by atoms with Crippen molar-refractivity contribution in [3.8, 4) is 5.82 Å². The van der Waals surface area contributed by atoms with Gasteiger partial charge in [0.25, 0.3) is 5.56 Å². The van der Waals surface area contributed by atoms with Gasteiger partial charge in [-0.3, -0.25) is 14.8 Å². The van der Waals surface area contributed by atoms with Crippen molar-refractivity contribution in [2.24, 2.45) is 0 Å². The van der Waals surface area contributed by atoms with Gasteiger partial charge in [-0.1, -0.05) is 30.3 Å². The first kappa shape index (κ1) is 15.8. The Hall–Kier alpha value is -2.66. The Morgan fingerprint density at radius 1 is 1.16 bits per heavy atom. The molecule has 0 radical (unpaired) electrons. The number of H-pyrrole nitrogens is 1. The monoisotopic (exact) mass is 334 g/mol. The largest absolute Gasteiger partial charge is 0.294 e. The number of rotatable bonds is 3. The molecule has 25 heavy (non-hydrogen) atoms. The van der Waals surface area contributed by atoms with Gasteiger partial charge in [-0.05, 0) is 37.1 Å². The number of pyridine rings is 1. The molecule has 0 bridgehead atoms. The van der Waals surface area contributed by atoms with Gasteiger partial charge < -0.3 is 0 Å². The van der Waals surface area contributed by atoms with Crippen molar-refractivity contribution in [3.63, 3.8) is 0 Å². The zero-order valence-electron chi connectivity index (χ0n) is 14.6. The summed E-state index contributed by atoms with van der Waals surface area (Å²) in [7, 11) is 0. The van der Waals surface area contributed by atoms with Gasteiger partial charge in [-0.25, -0.2) is 9.67 Å². The highest BCUT2D eigenvalue weighted by Gasteiger charge is 2.23. The van der Waals surface area contributed by atoms with E-state index in [1.165, 1.54) is 5.56 Å². The van der Waals surface area contributed by atoms with Crippen LogP contribution in [-0.2, 0) is 19.5 Å². The van der Waals surface area contributed by atoms with E-state index in [1.54, 1.807) is 4.68 Å². The highest BCUT2D eigenvalue weighted by molar-refractivity contribution is 5.32. The molecule has 0 atom stereocenters. The van der Waals surface area contributed by atoms with Crippen LogP contribution < -0.4 is 5.56 Å². The van der Waals surface area contributed by atoms with E-state index in [0.29, 0.717) is 12.4 Å². The van der Waals surface area contributed by atoms with Crippen LogP contribution >= 0.6 is 0 Å². The van der Waals surface area contributed by atoms with Gasteiger partial charge in [0.05, 0.1) is 5.56 Å².